The van der Waals surface area contributed by atoms with Crippen molar-refractivity contribution in [1.29, 1.82) is 0 Å². The minimum atomic E-state index is -0.583. The van der Waals surface area contributed by atoms with E-state index in [1.165, 1.54) is 9.75 Å². The first-order valence-electron chi connectivity index (χ1n) is 6.56. The number of aryl methyl sites for hydroxylation is 1. The molecule has 0 saturated carbocycles. The normalized spacial score (nSPS) is 12.4. The van der Waals surface area contributed by atoms with Gasteiger partial charge in [-0.25, -0.2) is 0 Å². The number of nitrogens with one attached hydrogen (secondary N) is 1. The summed E-state index contributed by atoms with van der Waals surface area (Å²) in [4.78, 5) is 2.54. The van der Waals surface area contributed by atoms with Crippen LogP contribution in [0.4, 0.5) is 0 Å². The first-order valence-corrected chi connectivity index (χ1v) is 8.14. The fourth-order valence-electron chi connectivity index (χ4n) is 1.76. The summed E-state index contributed by atoms with van der Waals surface area (Å²) in [6.07, 6.45) is -0.583. The van der Waals surface area contributed by atoms with E-state index in [2.05, 4.69) is 24.4 Å². The summed E-state index contributed by atoms with van der Waals surface area (Å²) < 4.78 is 5.48. The quantitative estimate of drug-likeness (QED) is 0.799. The lowest BCUT2D eigenvalue weighted by atomic mass is 10.3. The van der Waals surface area contributed by atoms with Crippen LogP contribution < -0.4 is 10.1 Å². The average Bonchev–Trinajstić information content (AvgIpc) is 2.86. The van der Waals surface area contributed by atoms with Crippen molar-refractivity contribution >= 4 is 34.5 Å². The lowest BCUT2D eigenvalue weighted by Gasteiger charge is -2.13. The molecule has 21 heavy (non-hydrogen) atoms. The summed E-state index contributed by atoms with van der Waals surface area (Å²) in [6, 6.07) is 9.21. The minimum Gasteiger partial charge on any atom is -0.491 e. The summed E-state index contributed by atoms with van der Waals surface area (Å²) in [5.41, 5.74) is 0. The number of ether oxygens (including phenoxy) is 1. The van der Waals surface area contributed by atoms with Crippen molar-refractivity contribution < 1.29 is 9.84 Å². The van der Waals surface area contributed by atoms with Crippen LogP contribution in [0, 0.1) is 6.92 Å². The minimum absolute atomic E-state index is 0.203. The van der Waals surface area contributed by atoms with Gasteiger partial charge in [-0.05, 0) is 31.2 Å². The lowest BCUT2D eigenvalue weighted by Crippen LogP contribution is -2.30. The van der Waals surface area contributed by atoms with Gasteiger partial charge >= 0.3 is 0 Å². The van der Waals surface area contributed by atoms with Gasteiger partial charge in [0, 0.05) is 28.9 Å². The Morgan fingerprint density at radius 2 is 2.05 bits per heavy atom. The smallest absolute Gasteiger partial charge is 0.121 e. The molecule has 0 saturated heterocycles. The molecule has 1 aromatic heterocycles. The maximum absolute atomic E-state index is 9.87. The molecule has 3 nitrogen and oxygen atoms in total. The van der Waals surface area contributed by atoms with Crippen LogP contribution in [-0.4, -0.2) is 24.4 Å². The van der Waals surface area contributed by atoms with Gasteiger partial charge in [-0.1, -0.05) is 23.2 Å². The number of thiophene rings is 1. The van der Waals surface area contributed by atoms with Crippen LogP contribution in [0.25, 0.3) is 0 Å². The van der Waals surface area contributed by atoms with Gasteiger partial charge in [0.25, 0.3) is 0 Å². The van der Waals surface area contributed by atoms with Gasteiger partial charge in [-0.3, -0.25) is 0 Å². The molecule has 2 aromatic rings. The third-order valence-electron chi connectivity index (χ3n) is 2.81. The molecular formula is C15H17Cl2NO2S. The Morgan fingerprint density at radius 1 is 1.24 bits per heavy atom. The third kappa shape index (κ3) is 5.49. The largest absolute Gasteiger partial charge is 0.491 e. The molecular weight excluding hydrogens is 329 g/mol. The standard InChI is InChI=1S/C15H17Cl2NO2S/c1-10-2-4-13(21-10)8-18-7-11(19)9-20-12-3-5-14(16)15(17)6-12/h2-6,11,18-19H,7-9H2,1H3. The number of halogens is 2. The lowest BCUT2D eigenvalue weighted by molar-refractivity contribution is 0.106. The Kier molecular flexibility index (Phi) is 6.33. The second-order valence-corrected chi connectivity index (χ2v) is 6.87. The zero-order chi connectivity index (χ0) is 15.2. The zero-order valence-electron chi connectivity index (χ0n) is 11.6. The molecule has 0 radical (unpaired) electrons. The molecule has 0 bridgehead atoms. The maximum Gasteiger partial charge on any atom is 0.121 e. The topological polar surface area (TPSA) is 41.5 Å². The summed E-state index contributed by atoms with van der Waals surface area (Å²) in [5.74, 6) is 0.595. The third-order valence-corrected chi connectivity index (χ3v) is 4.55. The molecule has 2 N–H and O–H groups in total. The number of hydrogen-bond donors (Lipinski definition) is 2. The summed E-state index contributed by atoms with van der Waals surface area (Å²) >= 11 is 13.5. The Morgan fingerprint density at radius 3 is 2.71 bits per heavy atom. The number of aliphatic hydroxyl groups is 1. The van der Waals surface area contributed by atoms with Crippen molar-refractivity contribution in [3.05, 3.63) is 50.1 Å². The monoisotopic (exact) mass is 345 g/mol. The van der Waals surface area contributed by atoms with Crippen LogP contribution in [0.15, 0.2) is 30.3 Å². The van der Waals surface area contributed by atoms with E-state index in [1.54, 1.807) is 29.5 Å². The maximum atomic E-state index is 9.87. The molecule has 114 valence electrons. The molecule has 6 heteroatoms. The van der Waals surface area contributed by atoms with E-state index < -0.39 is 6.10 Å². The molecule has 0 spiro atoms. The van der Waals surface area contributed by atoms with Crippen molar-refractivity contribution in [1.82, 2.24) is 5.32 Å². The highest BCUT2D eigenvalue weighted by atomic mass is 35.5. The van der Waals surface area contributed by atoms with E-state index in [-0.39, 0.29) is 6.61 Å². The number of benzene rings is 1. The van der Waals surface area contributed by atoms with Crippen molar-refractivity contribution in [2.75, 3.05) is 13.2 Å². The molecule has 1 unspecified atom stereocenters. The molecule has 0 aliphatic rings. The van der Waals surface area contributed by atoms with Crippen molar-refractivity contribution in [3.63, 3.8) is 0 Å². The molecule has 0 aliphatic carbocycles. The van der Waals surface area contributed by atoms with E-state index in [0.29, 0.717) is 22.3 Å². The molecule has 0 aliphatic heterocycles. The van der Waals surface area contributed by atoms with Gasteiger partial charge in [0.05, 0.1) is 10.0 Å². The molecule has 1 heterocycles. The Bertz CT molecular complexity index is 589. The van der Waals surface area contributed by atoms with Crippen molar-refractivity contribution in [3.8, 4) is 5.75 Å². The van der Waals surface area contributed by atoms with Gasteiger partial charge in [-0.15, -0.1) is 11.3 Å². The van der Waals surface area contributed by atoms with Crippen LogP contribution >= 0.6 is 34.5 Å². The van der Waals surface area contributed by atoms with Gasteiger partial charge in [0.1, 0.15) is 18.5 Å². The van der Waals surface area contributed by atoms with Crippen LogP contribution in [0.5, 0.6) is 5.75 Å². The van der Waals surface area contributed by atoms with Crippen LogP contribution in [0.1, 0.15) is 9.75 Å². The second kappa shape index (κ2) is 8.01. The van der Waals surface area contributed by atoms with Crippen molar-refractivity contribution in [2.24, 2.45) is 0 Å². The Balaban J connectivity index is 1.69. The van der Waals surface area contributed by atoms with Gasteiger partial charge in [0.2, 0.25) is 0 Å². The molecule has 1 aromatic carbocycles. The number of hydrogen-bond acceptors (Lipinski definition) is 4. The van der Waals surface area contributed by atoms with E-state index in [4.69, 9.17) is 27.9 Å². The fraction of sp³-hybridized carbons (Fsp3) is 0.333. The SMILES string of the molecule is Cc1ccc(CNCC(O)COc2ccc(Cl)c(Cl)c2)s1. The second-order valence-electron chi connectivity index (χ2n) is 4.68. The van der Waals surface area contributed by atoms with E-state index in [1.807, 2.05) is 0 Å². The van der Waals surface area contributed by atoms with E-state index >= 15 is 0 Å². The van der Waals surface area contributed by atoms with Crippen molar-refractivity contribution in [2.45, 2.75) is 19.6 Å². The van der Waals surface area contributed by atoms with E-state index in [9.17, 15) is 5.11 Å². The van der Waals surface area contributed by atoms with Crippen LogP contribution in [-0.2, 0) is 6.54 Å². The molecule has 0 amide bonds. The van der Waals surface area contributed by atoms with Gasteiger partial charge in [-0.2, -0.15) is 0 Å². The zero-order valence-corrected chi connectivity index (χ0v) is 13.9. The summed E-state index contributed by atoms with van der Waals surface area (Å²) in [6.45, 7) is 3.50. The first kappa shape index (κ1) is 16.6. The Labute approximate surface area is 138 Å². The highest BCUT2D eigenvalue weighted by Crippen LogP contribution is 2.26. The van der Waals surface area contributed by atoms with Crippen LogP contribution in [0.3, 0.4) is 0 Å². The van der Waals surface area contributed by atoms with Crippen LogP contribution in [0.2, 0.25) is 10.0 Å². The molecule has 0 fully saturated rings. The fourth-order valence-corrected chi connectivity index (χ4v) is 2.91. The van der Waals surface area contributed by atoms with E-state index in [0.717, 1.165) is 6.54 Å². The highest BCUT2D eigenvalue weighted by molar-refractivity contribution is 7.11. The number of rotatable bonds is 7. The Hall–Kier alpha value is -0.780. The molecule has 1 atom stereocenters. The predicted octanol–water partition coefficient (Wildman–Crippen LogP) is 3.89. The predicted molar refractivity (Wildman–Crippen MR) is 88.7 cm³/mol. The first-order chi connectivity index (χ1) is 10.0. The summed E-state index contributed by atoms with van der Waals surface area (Å²) in [7, 11) is 0. The van der Waals surface area contributed by atoms with Gasteiger partial charge < -0.3 is 15.2 Å². The average molecular weight is 346 g/mol. The van der Waals surface area contributed by atoms with Gasteiger partial charge in [0.15, 0.2) is 0 Å². The summed E-state index contributed by atoms with van der Waals surface area (Å²) in [5, 5.41) is 14.0. The number of aliphatic hydroxyl groups excluding tert-OH is 1. The highest BCUT2D eigenvalue weighted by Gasteiger charge is 2.07. The molecule has 2 rings (SSSR count).